The lowest BCUT2D eigenvalue weighted by atomic mass is 10.00. The van der Waals surface area contributed by atoms with E-state index in [1.165, 1.54) is 11.8 Å². The Morgan fingerprint density at radius 3 is 2.59 bits per heavy atom. The van der Waals surface area contributed by atoms with Gasteiger partial charge >= 0.3 is 6.03 Å². The normalized spacial score (nSPS) is 20.8. The summed E-state index contributed by atoms with van der Waals surface area (Å²) >= 11 is 1.19. The van der Waals surface area contributed by atoms with Crippen molar-refractivity contribution in [3.05, 3.63) is 83.4 Å². The number of thioether (sulfide) groups is 1. The number of hydrogen-bond donors (Lipinski definition) is 3. The van der Waals surface area contributed by atoms with Crippen LogP contribution in [0.25, 0.3) is 0 Å². The van der Waals surface area contributed by atoms with E-state index in [1.54, 1.807) is 5.48 Å². The van der Waals surface area contributed by atoms with Crippen molar-refractivity contribution in [1.82, 2.24) is 15.8 Å². The molecule has 0 aromatic heterocycles. The second-order valence-electron chi connectivity index (χ2n) is 8.39. The van der Waals surface area contributed by atoms with Crippen molar-refractivity contribution in [3.63, 3.8) is 0 Å². The van der Waals surface area contributed by atoms with Gasteiger partial charge in [-0.3, -0.25) is 5.21 Å². The second-order valence-corrected chi connectivity index (χ2v) is 9.66. The zero-order valence-electron chi connectivity index (χ0n) is 18.7. The molecule has 1 atom stereocenters. The Hall–Kier alpha value is -2.75. The maximum absolute atomic E-state index is 14.6. The average Bonchev–Trinajstić information content (AvgIpc) is 3.05. The van der Waals surface area contributed by atoms with Crippen molar-refractivity contribution in [2.45, 2.75) is 49.4 Å². The van der Waals surface area contributed by atoms with Crippen molar-refractivity contribution in [1.29, 1.82) is 0 Å². The number of nitrogens with zero attached hydrogens (tertiary/aromatic N) is 2. The summed E-state index contributed by atoms with van der Waals surface area (Å²) in [6.07, 6.45) is 9.91. The molecule has 2 aromatic carbocycles. The molecule has 0 saturated carbocycles. The number of hydroxylamine groups is 1. The lowest BCUT2D eigenvalue weighted by Gasteiger charge is -2.35. The Balaban J connectivity index is 1.60. The zero-order valence-corrected chi connectivity index (χ0v) is 19.5. The SMILES string of the molecule is O=C(NO)N1N=C(c2cc(F)ccc2F)SC1(CCCNC1CCC=CCC1)c1ccccc1. The summed E-state index contributed by atoms with van der Waals surface area (Å²) in [4.78, 5) is 11.7. The summed E-state index contributed by atoms with van der Waals surface area (Å²) in [7, 11) is 0. The summed E-state index contributed by atoms with van der Waals surface area (Å²) in [6, 6.07) is 12.0. The maximum atomic E-state index is 14.6. The quantitative estimate of drug-likeness (QED) is 0.209. The Kier molecular flexibility index (Phi) is 7.97. The van der Waals surface area contributed by atoms with E-state index < -0.39 is 22.5 Å². The fraction of sp³-hybridized carbons (Fsp3) is 0.360. The molecule has 0 radical (unpaired) electrons. The first-order valence-corrected chi connectivity index (χ1v) is 12.3. The number of halogens is 2. The number of rotatable bonds is 7. The predicted molar refractivity (Wildman–Crippen MR) is 129 cm³/mol. The Labute approximate surface area is 202 Å². The fourth-order valence-electron chi connectivity index (χ4n) is 4.42. The van der Waals surface area contributed by atoms with Crippen molar-refractivity contribution in [2.75, 3.05) is 6.54 Å². The molecule has 1 heterocycles. The lowest BCUT2D eigenvalue weighted by Crippen LogP contribution is -2.46. The summed E-state index contributed by atoms with van der Waals surface area (Å²) in [6.45, 7) is 0.734. The summed E-state index contributed by atoms with van der Waals surface area (Å²) in [5, 5.41) is 18.7. The number of carbonyl (C=O) groups is 1. The van der Waals surface area contributed by atoms with Crippen LogP contribution in [0, 0.1) is 11.6 Å². The van der Waals surface area contributed by atoms with Crippen LogP contribution in [0.1, 0.15) is 49.7 Å². The van der Waals surface area contributed by atoms with Crippen LogP contribution in [-0.2, 0) is 4.87 Å². The number of amides is 2. The molecule has 9 heteroatoms. The average molecular weight is 487 g/mol. The summed E-state index contributed by atoms with van der Waals surface area (Å²) in [5.41, 5.74) is 2.41. The molecule has 2 aromatic rings. The van der Waals surface area contributed by atoms with E-state index in [0.29, 0.717) is 18.9 Å². The Bertz CT molecular complexity index is 1060. The standard InChI is InChI=1S/C25H28F2N4O2S/c26-19-13-14-22(27)21(17-19)23-29-31(24(32)30-33)25(34-23,18-9-4-3-5-10-18)15-8-16-28-20-11-6-1-2-7-12-20/h1-5,9-10,13-14,17,20,28,33H,6-8,11-12,15-16H2,(H,30,32). The van der Waals surface area contributed by atoms with Gasteiger partial charge in [0.15, 0.2) is 0 Å². The summed E-state index contributed by atoms with van der Waals surface area (Å²) < 4.78 is 28.5. The van der Waals surface area contributed by atoms with E-state index in [2.05, 4.69) is 22.6 Å². The number of hydrazone groups is 1. The Morgan fingerprint density at radius 1 is 1.15 bits per heavy atom. The third-order valence-corrected chi connectivity index (χ3v) is 7.57. The molecule has 34 heavy (non-hydrogen) atoms. The molecule has 0 spiro atoms. The highest BCUT2D eigenvalue weighted by molar-refractivity contribution is 8.15. The van der Waals surface area contributed by atoms with Gasteiger partial charge in [0.05, 0.1) is 0 Å². The molecule has 1 unspecified atom stereocenters. The number of nitrogens with one attached hydrogen (secondary N) is 2. The number of urea groups is 1. The first-order chi connectivity index (χ1) is 16.5. The van der Waals surface area contributed by atoms with Gasteiger partial charge in [0.2, 0.25) is 0 Å². The second kappa shape index (κ2) is 11.1. The third-order valence-electron chi connectivity index (χ3n) is 6.13. The van der Waals surface area contributed by atoms with E-state index in [0.717, 1.165) is 61.0 Å². The van der Waals surface area contributed by atoms with Crippen LogP contribution in [0.5, 0.6) is 0 Å². The van der Waals surface area contributed by atoms with Crippen LogP contribution in [0.4, 0.5) is 13.6 Å². The first kappa shape index (κ1) is 24.4. The van der Waals surface area contributed by atoms with Gasteiger partial charge in [-0.25, -0.2) is 19.1 Å². The van der Waals surface area contributed by atoms with Crippen LogP contribution >= 0.6 is 11.8 Å². The minimum atomic E-state index is -1.03. The highest BCUT2D eigenvalue weighted by atomic mass is 32.2. The highest BCUT2D eigenvalue weighted by Crippen LogP contribution is 2.50. The van der Waals surface area contributed by atoms with E-state index in [-0.39, 0.29) is 10.6 Å². The van der Waals surface area contributed by atoms with Crippen LogP contribution in [0.2, 0.25) is 0 Å². The monoisotopic (exact) mass is 486 g/mol. The van der Waals surface area contributed by atoms with Gasteiger partial charge in [-0.15, -0.1) is 0 Å². The van der Waals surface area contributed by atoms with Gasteiger partial charge in [0.25, 0.3) is 0 Å². The van der Waals surface area contributed by atoms with Gasteiger partial charge < -0.3 is 5.32 Å². The van der Waals surface area contributed by atoms with E-state index in [1.807, 2.05) is 30.3 Å². The molecule has 2 amide bonds. The van der Waals surface area contributed by atoms with Gasteiger partial charge in [0.1, 0.15) is 21.5 Å². The van der Waals surface area contributed by atoms with Gasteiger partial charge in [-0.1, -0.05) is 54.2 Å². The maximum Gasteiger partial charge on any atom is 0.363 e. The Morgan fingerprint density at radius 2 is 1.88 bits per heavy atom. The largest absolute Gasteiger partial charge is 0.363 e. The van der Waals surface area contributed by atoms with Gasteiger partial charge in [-0.2, -0.15) is 10.1 Å². The predicted octanol–water partition coefficient (Wildman–Crippen LogP) is 5.50. The molecule has 6 nitrogen and oxygen atoms in total. The number of carbonyl (C=O) groups excluding carboxylic acids is 1. The molecule has 0 bridgehead atoms. The molecule has 0 saturated heterocycles. The number of benzene rings is 2. The molecular weight excluding hydrogens is 458 g/mol. The van der Waals surface area contributed by atoms with Crippen LogP contribution in [0.15, 0.2) is 65.8 Å². The minimum absolute atomic E-state index is 0.0253. The van der Waals surface area contributed by atoms with Crippen molar-refractivity contribution < 1.29 is 18.8 Å². The van der Waals surface area contributed by atoms with Crippen LogP contribution in [0.3, 0.4) is 0 Å². The van der Waals surface area contributed by atoms with E-state index in [9.17, 15) is 18.8 Å². The van der Waals surface area contributed by atoms with Crippen molar-refractivity contribution >= 4 is 22.8 Å². The zero-order chi connectivity index (χ0) is 24.0. The lowest BCUT2D eigenvalue weighted by molar-refractivity contribution is 0.107. The number of allylic oxidation sites excluding steroid dienone is 2. The van der Waals surface area contributed by atoms with Crippen molar-refractivity contribution in [3.8, 4) is 0 Å². The first-order valence-electron chi connectivity index (χ1n) is 11.4. The van der Waals surface area contributed by atoms with Gasteiger partial charge in [0, 0.05) is 11.6 Å². The molecular formula is C25H28F2N4O2S. The third kappa shape index (κ3) is 5.32. The molecule has 1 aliphatic carbocycles. The van der Waals surface area contributed by atoms with Crippen molar-refractivity contribution in [2.24, 2.45) is 5.10 Å². The molecule has 1 aliphatic heterocycles. The molecule has 180 valence electrons. The molecule has 3 N–H and O–H groups in total. The van der Waals surface area contributed by atoms with Gasteiger partial charge in [-0.05, 0) is 68.8 Å². The topological polar surface area (TPSA) is 77.0 Å². The minimum Gasteiger partial charge on any atom is -0.314 e. The molecule has 4 rings (SSSR count). The molecule has 0 fully saturated rings. The fourth-order valence-corrected chi connectivity index (χ4v) is 5.84. The van der Waals surface area contributed by atoms with E-state index >= 15 is 0 Å². The van der Waals surface area contributed by atoms with Crippen LogP contribution < -0.4 is 10.8 Å². The molecule has 2 aliphatic rings. The van der Waals surface area contributed by atoms with E-state index in [4.69, 9.17) is 0 Å². The smallest absolute Gasteiger partial charge is 0.314 e. The van der Waals surface area contributed by atoms with Crippen LogP contribution in [-0.4, -0.2) is 33.9 Å². The summed E-state index contributed by atoms with van der Waals surface area (Å²) in [5.74, 6) is -1.23. The number of hydrogen-bond acceptors (Lipinski definition) is 5. The highest BCUT2D eigenvalue weighted by Gasteiger charge is 2.48.